The second-order valence-electron chi connectivity index (χ2n) is 7.76. The van der Waals surface area contributed by atoms with Gasteiger partial charge in [0.1, 0.15) is 29.2 Å². The molecule has 166 valence electrons. The molecule has 1 saturated heterocycles. The zero-order valence-electron chi connectivity index (χ0n) is 17.4. The zero-order valence-corrected chi connectivity index (χ0v) is 19.8. The average Bonchev–Trinajstić information content (AvgIpc) is 3.41. The van der Waals surface area contributed by atoms with Gasteiger partial charge in [0.15, 0.2) is 5.11 Å². The molecule has 1 aliphatic rings. The van der Waals surface area contributed by atoms with Crippen LogP contribution in [-0.2, 0) is 0 Å². The number of aryl methyl sites for hydroxylation is 1. The molecule has 5 rings (SSSR count). The fourth-order valence-corrected chi connectivity index (χ4v) is 4.73. The molecule has 8 heteroatoms. The van der Waals surface area contributed by atoms with Crippen LogP contribution in [0.25, 0.3) is 11.3 Å². The molecule has 4 aromatic rings. The molecule has 0 amide bonds. The van der Waals surface area contributed by atoms with Crippen LogP contribution in [-0.4, -0.2) is 10.1 Å². The third-order valence-corrected chi connectivity index (χ3v) is 6.44. The fraction of sp³-hybridized carbons (Fsp3) is 0.120. The smallest absolute Gasteiger partial charge is 0.174 e. The van der Waals surface area contributed by atoms with E-state index in [4.69, 9.17) is 16.6 Å². The molecule has 0 radical (unpaired) electrons. The van der Waals surface area contributed by atoms with Gasteiger partial charge >= 0.3 is 0 Å². The molecule has 0 spiro atoms. The number of pyridine rings is 1. The molecule has 0 aliphatic carbocycles. The van der Waals surface area contributed by atoms with Crippen molar-refractivity contribution < 1.29 is 13.2 Å². The SMILES string of the molecule is Cc1cc(N2C(=S)N[C@@H](c3ccccn3)[C@H]2c2ccc(-c3ccc(Br)cc3F)o2)ccc1F. The lowest BCUT2D eigenvalue weighted by molar-refractivity contribution is 0.438. The largest absolute Gasteiger partial charge is 0.459 e. The van der Waals surface area contributed by atoms with Gasteiger partial charge in [-0.3, -0.25) is 4.98 Å². The summed E-state index contributed by atoms with van der Waals surface area (Å²) >= 11 is 8.95. The molecule has 33 heavy (non-hydrogen) atoms. The summed E-state index contributed by atoms with van der Waals surface area (Å²) in [6, 6.07) is 18.1. The highest BCUT2D eigenvalue weighted by Gasteiger charge is 2.42. The number of halogens is 3. The average molecular weight is 526 g/mol. The van der Waals surface area contributed by atoms with Gasteiger partial charge in [0, 0.05) is 16.4 Å². The van der Waals surface area contributed by atoms with Crippen LogP contribution in [0.4, 0.5) is 14.5 Å². The van der Waals surface area contributed by atoms with Crippen molar-refractivity contribution in [1.82, 2.24) is 10.3 Å². The minimum Gasteiger partial charge on any atom is -0.459 e. The van der Waals surface area contributed by atoms with Gasteiger partial charge in [0.05, 0.1) is 17.3 Å². The summed E-state index contributed by atoms with van der Waals surface area (Å²) in [5.74, 6) is 0.304. The molecule has 0 bridgehead atoms. The maximum atomic E-state index is 14.6. The standard InChI is InChI=1S/C25H18BrF2N3OS/c1-14-12-16(6-8-18(14)27)31-24(23(30-25(31)33)20-4-2-3-11-29-20)22-10-9-21(32-22)17-7-5-15(26)13-19(17)28/h2-13,23-24H,1H3,(H,30,33)/t23-,24+/m0/s1. The number of anilines is 1. The number of benzene rings is 2. The Morgan fingerprint density at radius 2 is 1.88 bits per heavy atom. The van der Waals surface area contributed by atoms with E-state index in [9.17, 15) is 8.78 Å². The van der Waals surface area contributed by atoms with E-state index in [1.165, 1.54) is 12.1 Å². The zero-order chi connectivity index (χ0) is 23.1. The lowest BCUT2D eigenvalue weighted by Crippen LogP contribution is -2.29. The first kappa shape index (κ1) is 21.7. The minimum absolute atomic E-state index is 0.291. The summed E-state index contributed by atoms with van der Waals surface area (Å²) in [4.78, 5) is 6.39. The Hall–Kier alpha value is -3.10. The number of hydrogen-bond acceptors (Lipinski definition) is 3. The first-order valence-electron chi connectivity index (χ1n) is 10.2. The van der Waals surface area contributed by atoms with E-state index in [1.807, 2.05) is 29.2 Å². The van der Waals surface area contributed by atoms with Crippen LogP contribution < -0.4 is 10.2 Å². The van der Waals surface area contributed by atoms with Crippen molar-refractivity contribution in [3.05, 3.63) is 106 Å². The predicted octanol–water partition coefficient (Wildman–Crippen LogP) is 6.87. The maximum absolute atomic E-state index is 14.6. The van der Waals surface area contributed by atoms with Crippen LogP contribution in [0.15, 0.2) is 81.8 Å². The Kier molecular flexibility index (Phi) is 5.72. The minimum atomic E-state index is -0.412. The summed E-state index contributed by atoms with van der Waals surface area (Å²) in [5.41, 5.74) is 2.37. The molecule has 2 aromatic heterocycles. The van der Waals surface area contributed by atoms with Gasteiger partial charge in [0.2, 0.25) is 0 Å². The predicted molar refractivity (Wildman–Crippen MR) is 131 cm³/mol. The normalized spacial score (nSPS) is 17.9. The molecular weight excluding hydrogens is 508 g/mol. The fourth-order valence-electron chi connectivity index (χ4n) is 4.05. The van der Waals surface area contributed by atoms with Gasteiger partial charge in [-0.15, -0.1) is 0 Å². The second kappa shape index (κ2) is 8.68. The van der Waals surface area contributed by atoms with Gasteiger partial charge in [0.25, 0.3) is 0 Å². The summed E-state index contributed by atoms with van der Waals surface area (Å²) in [5, 5.41) is 3.80. The van der Waals surface area contributed by atoms with E-state index in [-0.39, 0.29) is 11.9 Å². The van der Waals surface area contributed by atoms with Crippen LogP contribution in [0.5, 0.6) is 0 Å². The number of furan rings is 1. The summed E-state index contributed by atoms with van der Waals surface area (Å²) in [6.45, 7) is 1.71. The van der Waals surface area contributed by atoms with Crippen molar-refractivity contribution in [1.29, 1.82) is 0 Å². The lowest BCUT2D eigenvalue weighted by Gasteiger charge is -2.26. The van der Waals surface area contributed by atoms with E-state index < -0.39 is 11.9 Å². The topological polar surface area (TPSA) is 41.3 Å². The summed E-state index contributed by atoms with van der Waals surface area (Å²) < 4.78 is 35.4. The van der Waals surface area contributed by atoms with E-state index in [0.717, 1.165) is 11.4 Å². The third kappa shape index (κ3) is 4.05. The van der Waals surface area contributed by atoms with Gasteiger partial charge in [-0.25, -0.2) is 8.78 Å². The molecule has 1 fully saturated rings. The van der Waals surface area contributed by atoms with Gasteiger partial charge in [-0.2, -0.15) is 0 Å². The van der Waals surface area contributed by atoms with Crippen molar-refractivity contribution in [3.8, 4) is 11.3 Å². The number of thiocarbonyl (C=S) groups is 1. The third-order valence-electron chi connectivity index (χ3n) is 5.63. The molecule has 4 nitrogen and oxygen atoms in total. The Morgan fingerprint density at radius 1 is 1.03 bits per heavy atom. The van der Waals surface area contributed by atoms with Gasteiger partial charge in [-0.05, 0) is 85.4 Å². The number of aromatic nitrogens is 1. The Morgan fingerprint density at radius 3 is 2.61 bits per heavy atom. The van der Waals surface area contributed by atoms with Crippen LogP contribution in [0.1, 0.15) is 29.1 Å². The van der Waals surface area contributed by atoms with E-state index >= 15 is 0 Å². The summed E-state index contributed by atoms with van der Waals surface area (Å²) in [7, 11) is 0. The first-order chi connectivity index (χ1) is 15.9. The molecule has 2 atom stereocenters. The van der Waals surface area contributed by atoms with Crippen molar-refractivity contribution in [2.75, 3.05) is 4.90 Å². The van der Waals surface area contributed by atoms with Crippen molar-refractivity contribution >= 4 is 38.9 Å². The van der Waals surface area contributed by atoms with E-state index in [2.05, 4.69) is 26.2 Å². The molecule has 0 unspecified atom stereocenters. The molecule has 3 heterocycles. The Bertz CT molecular complexity index is 1340. The highest BCUT2D eigenvalue weighted by Crippen LogP contribution is 2.43. The van der Waals surface area contributed by atoms with Crippen LogP contribution >= 0.6 is 28.1 Å². The molecule has 1 aliphatic heterocycles. The Balaban J connectivity index is 1.61. The van der Waals surface area contributed by atoms with E-state index in [1.54, 1.807) is 43.5 Å². The quantitative estimate of drug-likeness (QED) is 0.294. The van der Waals surface area contributed by atoms with Crippen LogP contribution in [0.3, 0.4) is 0 Å². The number of hydrogen-bond donors (Lipinski definition) is 1. The summed E-state index contributed by atoms with van der Waals surface area (Å²) in [6.07, 6.45) is 1.71. The van der Waals surface area contributed by atoms with Gasteiger partial charge in [-0.1, -0.05) is 22.0 Å². The second-order valence-corrected chi connectivity index (χ2v) is 9.06. The Labute approximate surface area is 203 Å². The highest BCUT2D eigenvalue weighted by molar-refractivity contribution is 9.10. The molecule has 2 aromatic carbocycles. The molecular formula is C25H18BrF2N3OS. The first-order valence-corrected chi connectivity index (χ1v) is 11.4. The van der Waals surface area contributed by atoms with Gasteiger partial charge < -0.3 is 14.6 Å². The number of nitrogens with one attached hydrogen (secondary N) is 1. The van der Waals surface area contributed by atoms with Crippen LogP contribution in [0.2, 0.25) is 0 Å². The number of nitrogens with zero attached hydrogens (tertiary/aromatic N) is 2. The number of rotatable bonds is 4. The van der Waals surface area contributed by atoms with Crippen molar-refractivity contribution in [2.45, 2.75) is 19.0 Å². The monoisotopic (exact) mass is 525 g/mol. The van der Waals surface area contributed by atoms with E-state index in [0.29, 0.717) is 32.2 Å². The van der Waals surface area contributed by atoms with Crippen molar-refractivity contribution in [2.24, 2.45) is 0 Å². The lowest BCUT2D eigenvalue weighted by atomic mass is 10.0. The molecule has 0 saturated carbocycles. The highest BCUT2D eigenvalue weighted by atomic mass is 79.9. The maximum Gasteiger partial charge on any atom is 0.174 e. The molecule has 1 N–H and O–H groups in total. The van der Waals surface area contributed by atoms with Crippen molar-refractivity contribution in [3.63, 3.8) is 0 Å². The van der Waals surface area contributed by atoms with Crippen LogP contribution in [0, 0.1) is 18.6 Å².